The van der Waals surface area contributed by atoms with Crippen LogP contribution in [0.4, 0.5) is 0 Å². The molecule has 2 aromatic rings. The molecule has 0 heterocycles. The Kier molecular flexibility index (Phi) is 3.39. The van der Waals surface area contributed by atoms with Gasteiger partial charge in [0, 0.05) is 0 Å². The first-order valence-electron chi connectivity index (χ1n) is 6.98. The molecule has 0 nitrogen and oxygen atoms in total. The lowest BCUT2D eigenvalue weighted by atomic mass is 9.88. The van der Waals surface area contributed by atoms with E-state index in [9.17, 15) is 0 Å². The summed E-state index contributed by atoms with van der Waals surface area (Å²) >= 11 is 0. The minimum Gasteiger partial charge on any atom is -0.0620 e. The van der Waals surface area contributed by atoms with E-state index in [-0.39, 0.29) is 0 Å². The van der Waals surface area contributed by atoms with E-state index in [0.717, 1.165) is 0 Å². The molecule has 0 amide bonds. The smallest absolute Gasteiger partial charge is 0.00335 e. The quantitative estimate of drug-likeness (QED) is 0.691. The minimum absolute atomic E-state index is 1.29. The van der Waals surface area contributed by atoms with Crippen LogP contribution in [0.2, 0.25) is 0 Å². The van der Waals surface area contributed by atoms with Crippen LogP contribution in [-0.4, -0.2) is 0 Å². The van der Waals surface area contributed by atoms with E-state index in [2.05, 4.69) is 86.7 Å². The zero-order chi connectivity index (χ0) is 13.9. The zero-order valence-corrected chi connectivity index (χ0v) is 11.9. The maximum absolute atomic E-state index is 2.21. The van der Waals surface area contributed by atoms with Crippen molar-refractivity contribution in [2.24, 2.45) is 0 Å². The van der Waals surface area contributed by atoms with Gasteiger partial charge in [-0.15, -0.1) is 0 Å². The molecule has 0 aromatic heterocycles. The second-order valence-corrected chi connectivity index (χ2v) is 5.18. The Morgan fingerprint density at radius 3 is 1.55 bits per heavy atom. The second kappa shape index (κ2) is 5.34. The van der Waals surface area contributed by atoms with Crippen molar-refractivity contribution in [3.8, 4) is 0 Å². The molecule has 3 rings (SSSR count). The molecule has 0 fully saturated rings. The molecule has 0 radical (unpaired) electrons. The van der Waals surface area contributed by atoms with Gasteiger partial charge in [0.15, 0.2) is 0 Å². The van der Waals surface area contributed by atoms with E-state index >= 15 is 0 Å². The van der Waals surface area contributed by atoms with Gasteiger partial charge in [-0.25, -0.2) is 0 Å². The van der Waals surface area contributed by atoms with Crippen LogP contribution in [0.15, 0.2) is 78.4 Å². The first-order chi connectivity index (χ1) is 9.77. The van der Waals surface area contributed by atoms with Crippen molar-refractivity contribution in [3.05, 3.63) is 101 Å². The third-order valence-electron chi connectivity index (χ3n) is 3.78. The van der Waals surface area contributed by atoms with Crippen LogP contribution in [0.1, 0.15) is 22.3 Å². The molecular formula is C20H18. The number of rotatable bonds is 2. The molecule has 2 aromatic carbocycles. The fourth-order valence-corrected chi connectivity index (χ4v) is 2.70. The van der Waals surface area contributed by atoms with Crippen molar-refractivity contribution < 1.29 is 0 Å². The topological polar surface area (TPSA) is 0 Å². The van der Waals surface area contributed by atoms with Gasteiger partial charge in [0.25, 0.3) is 0 Å². The Balaban J connectivity index is 2.30. The fourth-order valence-electron chi connectivity index (χ4n) is 2.70. The lowest BCUT2D eigenvalue weighted by Gasteiger charge is -2.15. The summed E-state index contributed by atoms with van der Waals surface area (Å²) in [6.45, 7) is 4.35. The molecule has 0 aliphatic heterocycles. The first-order valence-corrected chi connectivity index (χ1v) is 6.98. The Labute approximate surface area is 120 Å². The minimum atomic E-state index is 1.29. The summed E-state index contributed by atoms with van der Waals surface area (Å²) in [7, 11) is 0. The molecule has 0 unspecified atom stereocenters. The van der Waals surface area contributed by atoms with E-state index in [4.69, 9.17) is 0 Å². The molecule has 0 atom stereocenters. The van der Waals surface area contributed by atoms with Crippen LogP contribution in [0.3, 0.4) is 0 Å². The van der Waals surface area contributed by atoms with Crippen molar-refractivity contribution in [1.29, 1.82) is 0 Å². The number of benzene rings is 2. The molecule has 0 saturated heterocycles. The van der Waals surface area contributed by atoms with Crippen LogP contribution >= 0.6 is 0 Å². The normalized spacial score (nSPS) is 13.0. The summed E-state index contributed by atoms with van der Waals surface area (Å²) in [5.41, 5.74) is 7.86. The lowest BCUT2D eigenvalue weighted by Crippen LogP contribution is -1.96. The summed E-state index contributed by atoms with van der Waals surface area (Å²) in [4.78, 5) is 0. The fraction of sp³-hybridized carbons (Fsp3) is 0.100. The monoisotopic (exact) mass is 258 g/mol. The van der Waals surface area contributed by atoms with Gasteiger partial charge in [0.2, 0.25) is 0 Å². The van der Waals surface area contributed by atoms with Gasteiger partial charge in [0.05, 0.1) is 0 Å². The predicted octanol–water partition coefficient (Wildman–Crippen LogP) is 5.23. The van der Waals surface area contributed by atoms with E-state index in [0.29, 0.717) is 0 Å². The standard InChI is InChI=1S/C20H18/c1-15-9-3-7-13-18(15)20(17-11-5-6-12-17)19-14-8-4-10-16(19)2/h3-14H,1-2H3. The molecule has 0 bridgehead atoms. The van der Waals surface area contributed by atoms with Crippen LogP contribution in [0, 0.1) is 13.8 Å². The number of allylic oxidation sites excluding steroid dienone is 5. The summed E-state index contributed by atoms with van der Waals surface area (Å²) in [6, 6.07) is 17.2. The van der Waals surface area contributed by atoms with Crippen molar-refractivity contribution in [3.63, 3.8) is 0 Å². The Morgan fingerprint density at radius 1 is 0.650 bits per heavy atom. The Hall–Kier alpha value is -2.34. The van der Waals surface area contributed by atoms with Crippen LogP contribution in [-0.2, 0) is 0 Å². The van der Waals surface area contributed by atoms with E-state index in [1.54, 1.807) is 0 Å². The highest BCUT2D eigenvalue weighted by molar-refractivity contribution is 5.88. The Morgan fingerprint density at radius 2 is 1.10 bits per heavy atom. The van der Waals surface area contributed by atoms with Gasteiger partial charge < -0.3 is 0 Å². The van der Waals surface area contributed by atoms with E-state index in [1.807, 2.05) is 0 Å². The highest BCUT2D eigenvalue weighted by atomic mass is 14.2. The second-order valence-electron chi connectivity index (χ2n) is 5.18. The van der Waals surface area contributed by atoms with Crippen LogP contribution < -0.4 is 0 Å². The van der Waals surface area contributed by atoms with Crippen molar-refractivity contribution in [1.82, 2.24) is 0 Å². The first kappa shape index (κ1) is 12.7. The molecule has 1 aliphatic rings. The third kappa shape index (κ3) is 2.25. The average molecular weight is 258 g/mol. The van der Waals surface area contributed by atoms with Crippen molar-refractivity contribution >= 4 is 5.57 Å². The third-order valence-corrected chi connectivity index (χ3v) is 3.78. The summed E-state index contributed by atoms with van der Waals surface area (Å²) in [5, 5.41) is 0. The molecular weight excluding hydrogens is 240 g/mol. The molecule has 0 heteroatoms. The van der Waals surface area contributed by atoms with E-state index < -0.39 is 0 Å². The van der Waals surface area contributed by atoms with Gasteiger partial charge in [-0.2, -0.15) is 0 Å². The molecule has 1 aliphatic carbocycles. The van der Waals surface area contributed by atoms with Gasteiger partial charge in [-0.3, -0.25) is 0 Å². The summed E-state index contributed by atoms with van der Waals surface area (Å²) in [5.74, 6) is 0. The Bertz CT molecular complexity index is 666. The molecule has 0 N–H and O–H groups in total. The number of hydrogen-bond donors (Lipinski definition) is 0. The van der Waals surface area contributed by atoms with Crippen LogP contribution in [0.25, 0.3) is 5.57 Å². The van der Waals surface area contributed by atoms with Gasteiger partial charge >= 0.3 is 0 Å². The number of hydrogen-bond acceptors (Lipinski definition) is 0. The number of aryl methyl sites for hydroxylation is 2. The zero-order valence-electron chi connectivity index (χ0n) is 11.9. The van der Waals surface area contributed by atoms with E-state index in [1.165, 1.54) is 33.4 Å². The molecule has 20 heavy (non-hydrogen) atoms. The average Bonchev–Trinajstić information content (AvgIpc) is 2.97. The van der Waals surface area contributed by atoms with Crippen molar-refractivity contribution in [2.45, 2.75) is 13.8 Å². The van der Waals surface area contributed by atoms with Crippen molar-refractivity contribution in [2.75, 3.05) is 0 Å². The highest BCUT2D eigenvalue weighted by Crippen LogP contribution is 2.33. The maximum atomic E-state index is 2.21. The van der Waals surface area contributed by atoms with Gasteiger partial charge in [-0.05, 0) is 47.2 Å². The molecule has 0 saturated carbocycles. The molecule has 0 spiro atoms. The predicted molar refractivity (Wildman–Crippen MR) is 86.7 cm³/mol. The summed E-state index contributed by atoms with van der Waals surface area (Å²) in [6.07, 6.45) is 8.58. The lowest BCUT2D eigenvalue weighted by molar-refractivity contribution is 1.37. The van der Waals surface area contributed by atoms with Gasteiger partial charge in [0.1, 0.15) is 0 Å². The highest BCUT2D eigenvalue weighted by Gasteiger charge is 2.13. The maximum Gasteiger partial charge on any atom is -0.00335 e. The molecule has 98 valence electrons. The van der Waals surface area contributed by atoms with Crippen LogP contribution in [0.5, 0.6) is 0 Å². The summed E-state index contributed by atoms with van der Waals surface area (Å²) < 4.78 is 0. The largest absolute Gasteiger partial charge is 0.0620 e. The van der Waals surface area contributed by atoms with Gasteiger partial charge in [-0.1, -0.05) is 72.8 Å². The SMILES string of the molecule is Cc1ccccc1C(=C1C=CC=C1)c1ccccc1C.